The van der Waals surface area contributed by atoms with Crippen molar-refractivity contribution < 1.29 is 84.8 Å². The van der Waals surface area contributed by atoms with Crippen molar-refractivity contribution in [2.45, 2.75) is 161 Å². The van der Waals surface area contributed by atoms with Gasteiger partial charge in [-0.15, -0.1) is 0 Å². The normalized spacial score (nSPS) is 14.0. The summed E-state index contributed by atoms with van der Waals surface area (Å²) < 4.78 is 106. The van der Waals surface area contributed by atoms with Gasteiger partial charge in [0.2, 0.25) is 0 Å². The molecule has 0 rings (SSSR count). The Hall–Kier alpha value is 0.975. The second kappa shape index (κ2) is 37.0. The SMILES string of the molecule is CO[Si](CCC[Si](CCCC(C)(O)CCC[Si](CCC[Si](OC)(OC)OC)(CCC[Si](OC)(OC)OC)CCC[Si](OC)(OC)OC)(CCC[Si](OC)(OC)OC)CCC[Si](OC)(OC)OC)(OC)OC. The van der Waals surface area contributed by atoms with Crippen molar-refractivity contribution in [1.29, 1.82) is 0 Å². The predicted octanol–water partition coefficient (Wildman–Crippen LogP) is 8.80. The van der Waals surface area contributed by atoms with Gasteiger partial charge in [-0.2, -0.15) is 0 Å². The van der Waals surface area contributed by atoms with Crippen LogP contribution in [0.3, 0.4) is 0 Å². The maximum Gasteiger partial charge on any atom is 0.500 e. The summed E-state index contributed by atoms with van der Waals surface area (Å²) in [5.74, 6) is 0. The number of hydrogen-bond donors (Lipinski definition) is 1. The van der Waals surface area contributed by atoms with Gasteiger partial charge < -0.3 is 84.8 Å². The van der Waals surface area contributed by atoms with Crippen molar-refractivity contribution in [3.63, 3.8) is 0 Å². The highest BCUT2D eigenvalue weighted by atomic mass is 28.4. The van der Waals surface area contributed by atoms with E-state index in [9.17, 15) is 5.11 Å². The molecule has 0 aliphatic carbocycles. The predicted molar refractivity (Wildman–Crippen MR) is 296 cm³/mol. The smallest absolute Gasteiger partial charge is 0.390 e. The zero-order valence-electron chi connectivity index (χ0n) is 48.3. The maximum atomic E-state index is 12.3. The summed E-state index contributed by atoms with van der Waals surface area (Å²) in [6.07, 6.45) is 8.66. The van der Waals surface area contributed by atoms with Crippen LogP contribution in [0.1, 0.15) is 71.1 Å². The molecule has 0 aromatic rings. The maximum absolute atomic E-state index is 12.3. The van der Waals surface area contributed by atoms with Crippen molar-refractivity contribution in [3.8, 4) is 0 Å². The molecule has 71 heavy (non-hydrogen) atoms. The molecule has 0 saturated heterocycles. The molecular formula is C44H106O19Si8. The first kappa shape index (κ1) is 72.0. The Labute approximate surface area is 441 Å². The van der Waals surface area contributed by atoms with Gasteiger partial charge in [0, 0.05) is 164 Å². The fraction of sp³-hybridized carbons (Fsp3) is 1.00. The van der Waals surface area contributed by atoms with Crippen LogP contribution in [0.15, 0.2) is 0 Å². The highest BCUT2D eigenvalue weighted by Crippen LogP contribution is 2.41. The molecule has 0 amide bonds. The van der Waals surface area contributed by atoms with Gasteiger partial charge >= 0.3 is 52.8 Å². The van der Waals surface area contributed by atoms with Gasteiger partial charge in [-0.3, -0.25) is 0 Å². The fourth-order valence-corrected chi connectivity index (χ4v) is 33.6. The molecule has 27 heteroatoms. The average Bonchev–Trinajstić information content (AvgIpc) is 3.40. The quantitative estimate of drug-likeness (QED) is 0.0569. The van der Waals surface area contributed by atoms with E-state index in [1.165, 1.54) is 0 Å². The molecule has 0 aliphatic heterocycles. The lowest BCUT2D eigenvalue weighted by atomic mass is 9.95. The third kappa shape index (κ3) is 23.9. The van der Waals surface area contributed by atoms with Crippen molar-refractivity contribution in [2.24, 2.45) is 0 Å². The molecular weight excluding hydrogens is 1060 g/mol. The Kier molecular flexibility index (Phi) is 37.5. The summed E-state index contributed by atoms with van der Waals surface area (Å²) in [7, 11) is 9.09. The van der Waals surface area contributed by atoms with Crippen molar-refractivity contribution in [2.75, 3.05) is 128 Å². The van der Waals surface area contributed by atoms with E-state index in [-0.39, 0.29) is 0 Å². The van der Waals surface area contributed by atoms with E-state index in [1.54, 1.807) is 128 Å². The lowest BCUT2D eigenvalue weighted by Gasteiger charge is -2.37. The number of aliphatic hydroxyl groups is 1. The Morgan fingerprint density at radius 3 is 0.479 bits per heavy atom. The van der Waals surface area contributed by atoms with Gasteiger partial charge in [-0.25, -0.2) is 0 Å². The van der Waals surface area contributed by atoms with E-state index >= 15 is 0 Å². The molecule has 0 heterocycles. The van der Waals surface area contributed by atoms with Gasteiger partial charge in [-0.1, -0.05) is 99.7 Å². The minimum absolute atomic E-state index is 0.694. The second-order valence-corrected chi connectivity index (χ2v) is 47.6. The molecule has 0 unspecified atom stereocenters. The molecule has 0 fully saturated rings. The van der Waals surface area contributed by atoms with Crippen LogP contribution in [-0.2, 0) is 79.7 Å². The zero-order valence-corrected chi connectivity index (χ0v) is 56.3. The third-order valence-electron chi connectivity index (χ3n) is 15.6. The highest BCUT2D eigenvalue weighted by Gasteiger charge is 2.46. The van der Waals surface area contributed by atoms with E-state index < -0.39 is 74.6 Å². The Bertz CT molecular complexity index is 1040. The molecule has 0 aromatic heterocycles. The molecule has 0 spiro atoms. The monoisotopic (exact) mass is 1160 g/mol. The zero-order chi connectivity index (χ0) is 54.2. The van der Waals surface area contributed by atoms with Gasteiger partial charge in [-0.05, 0) is 19.8 Å². The van der Waals surface area contributed by atoms with Crippen LogP contribution in [0.2, 0.25) is 84.6 Å². The molecule has 0 aromatic carbocycles. The Morgan fingerprint density at radius 2 is 0.352 bits per heavy atom. The van der Waals surface area contributed by atoms with E-state index in [4.69, 9.17) is 79.7 Å². The summed E-state index contributed by atoms with van der Waals surface area (Å²) in [6.45, 7) is 2.03. The van der Waals surface area contributed by atoms with Gasteiger partial charge in [0.1, 0.15) is 0 Å². The lowest BCUT2D eigenvalue weighted by molar-refractivity contribution is 0.0403. The molecule has 0 bridgehead atoms. The summed E-state index contributed by atoms with van der Waals surface area (Å²) in [5.41, 5.74) is -0.863. The van der Waals surface area contributed by atoms with Gasteiger partial charge in [0.25, 0.3) is 0 Å². The standard InChI is InChI=1S/C44H106O19Si8/c1-44(45,28-20-30-64(32-22-38-66(46-2,47-3)48-4,33-23-39-67(49-5,50-6)51-7)34-24-40-68(52-8,53-9)54-10)29-21-31-65(35-25-41-69(55-11,56-12)57-13,36-26-42-70(58-14,59-15)60-16)37-27-43-71(61-17,62-18)63-19/h45H,20-43H2,1-19H3. The van der Waals surface area contributed by atoms with Gasteiger partial charge in [0.15, 0.2) is 0 Å². The van der Waals surface area contributed by atoms with Crippen molar-refractivity contribution in [1.82, 2.24) is 0 Å². The van der Waals surface area contributed by atoms with Crippen LogP contribution in [-0.4, -0.2) is 208 Å². The topological polar surface area (TPSA) is 186 Å². The summed E-state index contributed by atoms with van der Waals surface area (Å²) in [4.78, 5) is 0. The van der Waals surface area contributed by atoms with Crippen LogP contribution in [0.25, 0.3) is 0 Å². The van der Waals surface area contributed by atoms with E-state index in [2.05, 4.69) is 0 Å². The Balaban J connectivity index is 6.98. The average molecular weight is 1160 g/mol. The lowest BCUT2D eigenvalue weighted by Crippen LogP contribution is -2.45. The van der Waals surface area contributed by atoms with Crippen molar-refractivity contribution in [3.05, 3.63) is 0 Å². The van der Waals surface area contributed by atoms with Crippen LogP contribution >= 0.6 is 0 Å². The largest absolute Gasteiger partial charge is 0.500 e. The number of hydrogen-bond acceptors (Lipinski definition) is 19. The first-order valence-corrected chi connectivity index (χ1v) is 42.7. The molecule has 0 aliphatic rings. The Morgan fingerprint density at radius 1 is 0.225 bits per heavy atom. The summed E-state index contributed by atoms with van der Waals surface area (Å²) >= 11 is 0. The molecule has 428 valence electrons. The summed E-state index contributed by atoms with van der Waals surface area (Å²) in [5, 5.41) is 12.3. The summed E-state index contributed by atoms with van der Waals surface area (Å²) in [6, 6.07) is 12.7. The first-order chi connectivity index (χ1) is 33.7. The molecule has 0 radical (unpaired) electrons. The second-order valence-electron chi connectivity index (χ2n) is 19.1. The van der Waals surface area contributed by atoms with Crippen LogP contribution in [0.4, 0.5) is 0 Å². The van der Waals surface area contributed by atoms with Gasteiger partial charge in [0.05, 0.1) is 21.7 Å². The van der Waals surface area contributed by atoms with Crippen LogP contribution < -0.4 is 0 Å². The minimum atomic E-state index is -2.81. The van der Waals surface area contributed by atoms with Crippen LogP contribution in [0.5, 0.6) is 0 Å². The molecule has 0 saturated carbocycles. The molecule has 0 atom stereocenters. The first-order valence-electron chi connectivity index (χ1n) is 25.4. The van der Waals surface area contributed by atoms with Crippen molar-refractivity contribution >= 4 is 69.0 Å². The fourth-order valence-electron chi connectivity index (χ4n) is 10.7. The number of rotatable bonds is 50. The third-order valence-corrected chi connectivity index (χ3v) is 43.9. The molecule has 1 N–H and O–H groups in total. The molecule has 19 nitrogen and oxygen atoms in total. The minimum Gasteiger partial charge on any atom is -0.390 e. The van der Waals surface area contributed by atoms with Crippen LogP contribution in [0, 0.1) is 0 Å². The highest BCUT2D eigenvalue weighted by molar-refractivity contribution is 6.81. The van der Waals surface area contributed by atoms with E-state index in [0.717, 1.165) is 136 Å². The van der Waals surface area contributed by atoms with E-state index in [0.29, 0.717) is 12.8 Å². The van der Waals surface area contributed by atoms with E-state index in [1.807, 2.05) is 6.92 Å².